The summed E-state index contributed by atoms with van der Waals surface area (Å²) in [5.41, 5.74) is 1.14. The van der Waals surface area contributed by atoms with Crippen LogP contribution in [0.3, 0.4) is 0 Å². The summed E-state index contributed by atoms with van der Waals surface area (Å²) in [7, 11) is 1.73. The average molecular weight is 373 g/mol. The molecular formula is C15H12BrClFNO2. The van der Waals surface area contributed by atoms with Crippen LogP contribution >= 0.6 is 27.5 Å². The fraction of sp³-hybridized carbons (Fsp3) is 0.133. The first-order chi connectivity index (χ1) is 9.90. The van der Waals surface area contributed by atoms with Crippen LogP contribution in [0.4, 0.5) is 10.1 Å². The topological polar surface area (TPSA) is 40.5 Å². The molecular weight excluding hydrogens is 361 g/mol. The van der Waals surface area contributed by atoms with Crippen molar-refractivity contribution >= 4 is 39.2 Å². The Morgan fingerprint density at radius 3 is 2.71 bits per heavy atom. The summed E-state index contributed by atoms with van der Waals surface area (Å²) in [6, 6.07) is 10.1. The highest BCUT2D eigenvalue weighted by Gasteiger charge is 2.18. The van der Waals surface area contributed by atoms with E-state index in [9.17, 15) is 9.18 Å². The lowest BCUT2D eigenvalue weighted by atomic mass is 10.1. The Hall–Kier alpha value is -1.59. The highest BCUT2D eigenvalue weighted by molar-refractivity contribution is 9.10. The molecule has 0 atom stereocenters. The summed E-state index contributed by atoms with van der Waals surface area (Å²) in [5, 5.41) is 9.58. The molecule has 0 saturated heterocycles. The van der Waals surface area contributed by atoms with Crippen LogP contribution in [0.1, 0.15) is 15.9 Å². The molecule has 21 heavy (non-hydrogen) atoms. The van der Waals surface area contributed by atoms with E-state index in [1.807, 2.05) is 12.1 Å². The molecule has 1 N–H and O–H groups in total. The van der Waals surface area contributed by atoms with E-state index in [0.29, 0.717) is 17.3 Å². The lowest BCUT2D eigenvalue weighted by molar-refractivity contribution is 0.0695. The Balaban J connectivity index is 2.29. The smallest absolute Gasteiger partial charge is 0.336 e. The molecule has 3 nitrogen and oxygen atoms in total. The quantitative estimate of drug-likeness (QED) is 0.854. The Bertz CT molecular complexity index is 693. The largest absolute Gasteiger partial charge is 0.478 e. The molecule has 0 spiro atoms. The third-order valence-electron chi connectivity index (χ3n) is 3.01. The zero-order valence-corrected chi connectivity index (χ0v) is 13.4. The van der Waals surface area contributed by atoms with E-state index >= 15 is 0 Å². The molecule has 0 saturated carbocycles. The van der Waals surface area contributed by atoms with E-state index in [1.165, 1.54) is 12.1 Å². The van der Waals surface area contributed by atoms with Crippen molar-refractivity contribution in [2.45, 2.75) is 6.54 Å². The predicted octanol–water partition coefficient (Wildman–Crippen LogP) is 4.58. The summed E-state index contributed by atoms with van der Waals surface area (Å²) in [5.74, 6) is -1.77. The van der Waals surface area contributed by atoms with Gasteiger partial charge in [0, 0.05) is 18.6 Å². The summed E-state index contributed by atoms with van der Waals surface area (Å²) in [6.45, 7) is 0.455. The molecule has 2 aromatic rings. The normalized spacial score (nSPS) is 10.5. The van der Waals surface area contributed by atoms with Crippen LogP contribution in [-0.4, -0.2) is 18.1 Å². The van der Waals surface area contributed by atoms with Gasteiger partial charge in [0.25, 0.3) is 0 Å². The highest BCUT2D eigenvalue weighted by Crippen LogP contribution is 2.30. The van der Waals surface area contributed by atoms with Gasteiger partial charge in [-0.3, -0.25) is 0 Å². The van der Waals surface area contributed by atoms with Crippen molar-refractivity contribution in [1.29, 1.82) is 0 Å². The Morgan fingerprint density at radius 2 is 2.10 bits per heavy atom. The monoisotopic (exact) mass is 371 g/mol. The number of halogens is 3. The Morgan fingerprint density at radius 1 is 1.38 bits per heavy atom. The molecule has 0 bridgehead atoms. The van der Waals surface area contributed by atoms with Crippen LogP contribution in [0.15, 0.2) is 40.9 Å². The lowest BCUT2D eigenvalue weighted by Crippen LogP contribution is -2.18. The molecule has 0 aliphatic carbocycles. The summed E-state index contributed by atoms with van der Waals surface area (Å²) < 4.78 is 14.2. The van der Waals surface area contributed by atoms with Crippen LogP contribution in [-0.2, 0) is 6.54 Å². The van der Waals surface area contributed by atoms with Gasteiger partial charge in [0.2, 0.25) is 0 Å². The maximum Gasteiger partial charge on any atom is 0.336 e. The van der Waals surface area contributed by atoms with Gasteiger partial charge in [-0.2, -0.15) is 0 Å². The molecule has 2 rings (SSSR count). The predicted molar refractivity (Wildman–Crippen MR) is 84.6 cm³/mol. The number of rotatable bonds is 4. The van der Waals surface area contributed by atoms with Crippen LogP contribution in [0.2, 0.25) is 5.02 Å². The maximum absolute atomic E-state index is 14.3. The van der Waals surface area contributed by atoms with Gasteiger partial charge >= 0.3 is 5.97 Å². The van der Waals surface area contributed by atoms with Gasteiger partial charge in [-0.15, -0.1) is 0 Å². The van der Waals surface area contributed by atoms with E-state index < -0.39 is 11.8 Å². The summed E-state index contributed by atoms with van der Waals surface area (Å²) in [6.07, 6.45) is 0. The number of aromatic carboxylic acids is 1. The van der Waals surface area contributed by atoms with Crippen LogP contribution in [0, 0.1) is 5.82 Å². The van der Waals surface area contributed by atoms with Crippen molar-refractivity contribution in [3.8, 4) is 0 Å². The van der Waals surface area contributed by atoms with E-state index in [4.69, 9.17) is 16.7 Å². The summed E-state index contributed by atoms with van der Waals surface area (Å²) >= 11 is 8.91. The van der Waals surface area contributed by atoms with Crippen molar-refractivity contribution in [3.05, 3.63) is 62.8 Å². The summed E-state index contributed by atoms with van der Waals surface area (Å²) in [4.78, 5) is 12.7. The van der Waals surface area contributed by atoms with Gasteiger partial charge in [0.15, 0.2) is 5.82 Å². The van der Waals surface area contributed by atoms with Crippen molar-refractivity contribution in [2.24, 2.45) is 0 Å². The van der Waals surface area contributed by atoms with Gasteiger partial charge in [-0.05, 0) is 45.8 Å². The minimum absolute atomic E-state index is 0.0505. The van der Waals surface area contributed by atoms with Crippen LogP contribution in [0.5, 0.6) is 0 Å². The Labute approximate surface area is 135 Å². The zero-order valence-electron chi connectivity index (χ0n) is 11.1. The molecule has 0 aliphatic rings. The fourth-order valence-electron chi connectivity index (χ4n) is 1.99. The Kier molecular flexibility index (Phi) is 4.85. The minimum Gasteiger partial charge on any atom is -0.478 e. The molecule has 2 aromatic carbocycles. The molecule has 6 heteroatoms. The first-order valence-corrected chi connectivity index (χ1v) is 7.24. The zero-order chi connectivity index (χ0) is 15.6. The molecule has 0 heterocycles. The van der Waals surface area contributed by atoms with Gasteiger partial charge in [0.05, 0.1) is 15.7 Å². The third-order valence-corrected chi connectivity index (χ3v) is 4.02. The van der Waals surface area contributed by atoms with E-state index in [0.717, 1.165) is 5.56 Å². The number of hydrogen-bond donors (Lipinski definition) is 1. The van der Waals surface area contributed by atoms with E-state index in [-0.39, 0.29) is 10.0 Å². The van der Waals surface area contributed by atoms with Crippen molar-refractivity contribution in [2.75, 3.05) is 11.9 Å². The SMILES string of the molecule is CN(Cc1cccc(Cl)c1)c1ccc(C(=O)O)c(Br)c1F. The number of carboxylic acids is 1. The standard InChI is InChI=1S/C15H12BrClFNO2/c1-19(8-9-3-2-4-10(17)7-9)12-6-5-11(15(20)21)13(16)14(12)18/h2-7H,8H2,1H3,(H,20,21). The molecule has 0 aliphatic heterocycles. The highest BCUT2D eigenvalue weighted by atomic mass is 79.9. The molecule has 0 radical (unpaired) electrons. The molecule has 0 unspecified atom stereocenters. The van der Waals surface area contributed by atoms with Gasteiger partial charge in [-0.1, -0.05) is 23.7 Å². The number of carbonyl (C=O) groups is 1. The first kappa shape index (κ1) is 15.8. The second-order valence-electron chi connectivity index (χ2n) is 4.55. The van der Waals surface area contributed by atoms with Crippen molar-refractivity contribution < 1.29 is 14.3 Å². The fourth-order valence-corrected chi connectivity index (χ4v) is 2.71. The number of nitrogens with zero attached hydrogens (tertiary/aromatic N) is 1. The second kappa shape index (κ2) is 6.45. The average Bonchev–Trinajstić information content (AvgIpc) is 2.41. The molecule has 0 amide bonds. The van der Waals surface area contributed by atoms with Gasteiger partial charge in [0.1, 0.15) is 0 Å². The molecule has 110 valence electrons. The van der Waals surface area contributed by atoms with Gasteiger partial charge < -0.3 is 10.0 Å². The third kappa shape index (κ3) is 3.54. The minimum atomic E-state index is -1.18. The van der Waals surface area contributed by atoms with Gasteiger partial charge in [-0.25, -0.2) is 9.18 Å². The maximum atomic E-state index is 14.3. The second-order valence-corrected chi connectivity index (χ2v) is 5.78. The lowest BCUT2D eigenvalue weighted by Gasteiger charge is -2.21. The van der Waals surface area contributed by atoms with E-state index in [2.05, 4.69) is 15.9 Å². The molecule has 0 aromatic heterocycles. The first-order valence-electron chi connectivity index (χ1n) is 6.07. The van der Waals surface area contributed by atoms with Crippen molar-refractivity contribution in [1.82, 2.24) is 0 Å². The van der Waals surface area contributed by atoms with Crippen LogP contribution in [0.25, 0.3) is 0 Å². The number of benzene rings is 2. The van der Waals surface area contributed by atoms with E-state index in [1.54, 1.807) is 24.1 Å². The number of anilines is 1. The molecule has 0 fully saturated rings. The number of carboxylic acid groups (broad SMARTS) is 1. The van der Waals surface area contributed by atoms with Crippen molar-refractivity contribution in [3.63, 3.8) is 0 Å². The number of hydrogen-bond acceptors (Lipinski definition) is 2. The van der Waals surface area contributed by atoms with Crippen LogP contribution < -0.4 is 4.90 Å².